The summed E-state index contributed by atoms with van der Waals surface area (Å²) < 4.78 is 4.79. The molecule has 2 aromatic rings. The predicted octanol–water partition coefficient (Wildman–Crippen LogP) is 1.45. The van der Waals surface area contributed by atoms with Gasteiger partial charge >= 0.3 is 5.97 Å². The molecule has 0 bridgehead atoms. The Labute approximate surface area is 165 Å². The Kier molecular flexibility index (Phi) is 6.75. The molecule has 1 aromatic carbocycles. The summed E-state index contributed by atoms with van der Waals surface area (Å²) in [5, 5.41) is 2.84. The van der Waals surface area contributed by atoms with Crippen LogP contribution in [0.4, 0.5) is 5.69 Å². The zero-order valence-corrected chi connectivity index (χ0v) is 17.2. The summed E-state index contributed by atoms with van der Waals surface area (Å²) in [7, 11) is 3.10. The molecular weight excluding hydrogens is 358 g/mol. The maximum Gasteiger partial charge on any atom is 0.339 e. The zero-order valence-electron chi connectivity index (χ0n) is 17.2. The first kappa shape index (κ1) is 21.4. The van der Waals surface area contributed by atoms with Gasteiger partial charge in [0.05, 0.1) is 25.4 Å². The molecule has 0 saturated carbocycles. The van der Waals surface area contributed by atoms with Gasteiger partial charge < -0.3 is 19.9 Å². The number of aromatic amines is 1. The van der Waals surface area contributed by atoms with Gasteiger partial charge in [-0.25, -0.2) is 4.79 Å². The molecule has 0 aliphatic rings. The van der Waals surface area contributed by atoms with Gasteiger partial charge in [0.15, 0.2) is 12.6 Å². The van der Waals surface area contributed by atoms with Crippen molar-refractivity contribution in [3.63, 3.8) is 0 Å². The molecule has 3 N–H and O–H groups in total. The number of esters is 1. The molecule has 1 aromatic heterocycles. The highest BCUT2D eigenvalue weighted by molar-refractivity contribution is 6.03. The van der Waals surface area contributed by atoms with Crippen molar-refractivity contribution in [2.24, 2.45) is 0 Å². The number of nitrogens with one attached hydrogen (secondary N) is 3. The Balaban J connectivity index is 2.07. The average molecular weight is 386 g/mol. The SMILES string of the molecule is COC(=O)c1c(C)[nH]c(C(=O)[C@@H](C)[NH+](C)CC(=O)Nc2ccc(C)cc2)c1C. The summed E-state index contributed by atoms with van der Waals surface area (Å²) in [6, 6.07) is 7.07. The topological polar surface area (TPSA) is 92.7 Å². The molecule has 2 atom stereocenters. The first-order chi connectivity index (χ1) is 13.1. The fourth-order valence-electron chi connectivity index (χ4n) is 3.09. The van der Waals surface area contributed by atoms with Gasteiger partial charge in [0.2, 0.25) is 5.78 Å². The van der Waals surface area contributed by atoms with Crippen LogP contribution in [0.5, 0.6) is 0 Å². The lowest BCUT2D eigenvalue weighted by atomic mass is 10.0. The van der Waals surface area contributed by atoms with E-state index >= 15 is 0 Å². The Morgan fingerprint density at radius 2 is 1.75 bits per heavy atom. The molecule has 1 amide bonds. The number of ketones is 1. The van der Waals surface area contributed by atoms with E-state index < -0.39 is 12.0 Å². The van der Waals surface area contributed by atoms with E-state index in [1.807, 2.05) is 31.2 Å². The molecule has 2 rings (SSSR count). The summed E-state index contributed by atoms with van der Waals surface area (Å²) in [6.07, 6.45) is 0. The molecule has 0 fully saturated rings. The third kappa shape index (κ3) is 4.67. The third-order valence-electron chi connectivity index (χ3n) is 4.98. The summed E-state index contributed by atoms with van der Waals surface area (Å²) in [5.74, 6) is -0.803. The molecule has 7 nitrogen and oxygen atoms in total. The number of benzene rings is 1. The molecule has 1 heterocycles. The number of amides is 1. The maximum atomic E-state index is 12.9. The summed E-state index contributed by atoms with van der Waals surface area (Å²) in [6.45, 7) is 7.34. The smallest absolute Gasteiger partial charge is 0.339 e. The van der Waals surface area contributed by atoms with E-state index in [0.717, 1.165) is 16.2 Å². The van der Waals surface area contributed by atoms with Crippen LogP contribution >= 0.6 is 0 Å². The predicted molar refractivity (Wildman–Crippen MR) is 107 cm³/mol. The van der Waals surface area contributed by atoms with Crippen molar-refractivity contribution in [2.45, 2.75) is 33.7 Å². The molecule has 7 heteroatoms. The number of Topliss-reactive ketones (excluding diaryl/α,β-unsaturated/α-hetero) is 1. The van der Waals surface area contributed by atoms with Crippen LogP contribution in [0.25, 0.3) is 0 Å². The Bertz CT molecular complexity index is 884. The highest BCUT2D eigenvalue weighted by Gasteiger charge is 2.30. The average Bonchev–Trinajstić information content (AvgIpc) is 2.95. The monoisotopic (exact) mass is 386 g/mol. The van der Waals surface area contributed by atoms with Crippen LogP contribution in [0.15, 0.2) is 24.3 Å². The van der Waals surface area contributed by atoms with Crippen LogP contribution in [0.3, 0.4) is 0 Å². The molecule has 28 heavy (non-hydrogen) atoms. The second-order valence-corrected chi connectivity index (χ2v) is 7.14. The first-order valence-electron chi connectivity index (χ1n) is 9.16. The van der Waals surface area contributed by atoms with Crippen molar-refractivity contribution < 1.29 is 24.0 Å². The van der Waals surface area contributed by atoms with Crippen molar-refractivity contribution in [3.8, 4) is 0 Å². The van der Waals surface area contributed by atoms with Gasteiger partial charge in [-0.1, -0.05) is 17.7 Å². The van der Waals surface area contributed by atoms with Crippen LogP contribution in [0.2, 0.25) is 0 Å². The van der Waals surface area contributed by atoms with Gasteiger partial charge in [0, 0.05) is 11.4 Å². The van der Waals surface area contributed by atoms with E-state index in [1.54, 1.807) is 27.8 Å². The normalized spacial score (nSPS) is 12.9. The zero-order chi connectivity index (χ0) is 21.0. The van der Waals surface area contributed by atoms with Crippen LogP contribution in [-0.4, -0.2) is 49.4 Å². The first-order valence-corrected chi connectivity index (χ1v) is 9.16. The number of likely N-dealkylation sites (N-methyl/N-ethyl adjacent to an activating group) is 1. The fraction of sp³-hybridized carbons (Fsp3) is 0.381. The number of hydrogen-bond donors (Lipinski definition) is 3. The standard InChI is InChI=1S/C21H27N3O4/c1-12-7-9-16(10-8-12)23-17(25)11-24(5)15(4)20(26)19-13(2)18(14(3)22-19)21(27)28-6/h7-10,15,22H,11H2,1-6H3,(H,23,25)/p+1/t15-/m1/s1. The number of aromatic nitrogens is 1. The number of methoxy groups -OCH3 is 1. The number of aryl methyl sites for hydroxylation is 2. The number of rotatable bonds is 7. The van der Waals surface area contributed by atoms with Crippen molar-refractivity contribution in [3.05, 3.63) is 52.3 Å². The van der Waals surface area contributed by atoms with E-state index in [4.69, 9.17) is 4.74 Å². The van der Waals surface area contributed by atoms with E-state index in [2.05, 4.69) is 10.3 Å². The van der Waals surface area contributed by atoms with Crippen molar-refractivity contribution in [1.29, 1.82) is 0 Å². The van der Waals surface area contributed by atoms with Crippen LogP contribution in [0, 0.1) is 20.8 Å². The second kappa shape index (κ2) is 8.84. The number of hydrogen-bond acceptors (Lipinski definition) is 4. The highest BCUT2D eigenvalue weighted by atomic mass is 16.5. The third-order valence-corrected chi connectivity index (χ3v) is 4.98. The van der Waals surface area contributed by atoms with Crippen molar-refractivity contribution >= 4 is 23.3 Å². The molecule has 0 aliphatic heterocycles. The number of ether oxygens (including phenoxy) is 1. The van der Waals surface area contributed by atoms with Gasteiger partial charge in [0.25, 0.3) is 5.91 Å². The van der Waals surface area contributed by atoms with Gasteiger partial charge in [-0.05, 0) is 45.4 Å². The number of carbonyl (C=O) groups excluding carboxylic acids is 3. The minimum atomic E-state index is -0.476. The van der Waals surface area contributed by atoms with E-state index in [1.165, 1.54) is 7.11 Å². The summed E-state index contributed by atoms with van der Waals surface area (Å²) in [5.41, 5.74) is 3.76. The minimum Gasteiger partial charge on any atom is -0.465 e. The van der Waals surface area contributed by atoms with Crippen molar-refractivity contribution in [2.75, 3.05) is 26.0 Å². The summed E-state index contributed by atoms with van der Waals surface area (Å²) in [4.78, 5) is 40.9. The quantitative estimate of drug-likeness (QED) is 0.496. The number of H-pyrrole nitrogens is 1. The minimum absolute atomic E-state index is 0.142. The fourth-order valence-corrected chi connectivity index (χ4v) is 3.09. The number of carbonyl (C=O) groups is 3. The molecule has 0 radical (unpaired) electrons. The van der Waals surface area contributed by atoms with Gasteiger partial charge in [-0.3, -0.25) is 9.59 Å². The molecular formula is C21H28N3O4+. The second-order valence-electron chi connectivity index (χ2n) is 7.14. The highest BCUT2D eigenvalue weighted by Crippen LogP contribution is 2.19. The van der Waals surface area contributed by atoms with Gasteiger partial charge in [0.1, 0.15) is 0 Å². The van der Waals surface area contributed by atoms with Gasteiger partial charge in [-0.15, -0.1) is 0 Å². The Morgan fingerprint density at radius 3 is 2.32 bits per heavy atom. The lowest BCUT2D eigenvalue weighted by Gasteiger charge is -2.20. The summed E-state index contributed by atoms with van der Waals surface area (Å²) >= 11 is 0. The molecule has 0 spiro atoms. The maximum absolute atomic E-state index is 12.9. The molecule has 0 saturated heterocycles. The van der Waals surface area contributed by atoms with Crippen LogP contribution < -0.4 is 10.2 Å². The molecule has 150 valence electrons. The lowest BCUT2D eigenvalue weighted by molar-refractivity contribution is -0.885. The number of quaternary nitrogens is 1. The Morgan fingerprint density at radius 1 is 1.14 bits per heavy atom. The molecule has 1 unspecified atom stereocenters. The largest absolute Gasteiger partial charge is 0.465 e. The van der Waals surface area contributed by atoms with Crippen molar-refractivity contribution in [1.82, 2.24) is 4.98 Å². The van der Waals surface area contributed by atoms with E-state index in [0.29, 0.717) is 22.5 Å². The lowest BCUT2D eigenvalue weighted by Crippen LogP contribution is -3.14. The van der Waals surface area contributed by atoms with E-state index in [-0.39, 0.29) is 18.2 Å². The van der Waals surface area contributed by atoms with Gasteiger partial charge in [-0.2, -0.15) is 0 Å². The number of anilines is 1. The van der Waals surface area contributed by atoms with Crippen LogP contribution in [-0.2, 0) is 9.53 Å². The Hall–Kier alpha value is -2.93. The van der Waals surface area contributed by atoms with Crippen LogP contribution in [0.1, 0.15) is 44.6 Å². The molecule has 0 aliphatic carbocycles. The van der Waals surface area contributed by atoms with E-state index in [9.17, 15) is 14.4 Å².